The van der Waals surface area contributed by atoms with E-state index in [9.17, 15) is 4.79 Å². The number of amides is 1. The molecular formula is C12H22N2O2. The Kier molecular flexibility index (Phi) is 4.93. The molecule has 1 amide bonds. The lowest BCUT2D eigenvalue weighted by Crippen LogP contribution is -2.37. The molecule has 1 heterocycles. The predicted octanol–water partition coefficient (Wildman–Crippen LogP) is 1.74. The Balaban J connectivity index is 2.71. The Bertz CT molecular complexity index is 268. The first-order valence-corrected chi connectivity index (χ1v) is 6.10. The van der Waals surface area contributed by atoms with Crippen LogP contribution in [0, 0.1) is 5.92 Å². The average Bonchev–Trinajstić information content (AvgIpc) is 2.60. The van der Waals surface area contributed by atoms with E-state index in [4.69, 9.17) is 4.74 Å². The zero-order valence-electron chi connectivity index (χ0n) is 10.6. The van der Waals surface area contributed by atoms with Crippen LogP contribution in [-0.2, 0) is 9.53 Å². The highest BCUT2D eigenvalue weighted by atomic mass is 16.5. The summed E-state index contributed by atoms with van der Waals surface area (Å²) in [6.45, 7) is 8.72. The lowest BCUT2D eigenvalue weighted by Gasteiger charge is -2.15. The lowest BCUT2D eigenvalue weighted by atomic mass is 10.1. The van der Waals surface area contributed by atoms with E-state index in [0.717, 1.165) is 12.8 Å². The number of hydrogen-bond donors (Lipinski definition) is 1. The summed E-state index contributed by atoms with van der Waals surface area (Å²) in [5, 5.41) is 2.84. The fourth-order valence-corrected chi connectivity index (χ4v) is 1.82. The van der Waals surface area contributed by atoms with E-state index >= 15 is 0 Å². The minimum absolute atomic E-state index is 0.00538. The molecule has 0 aromatic carbocycles. The third kappa shape index (κ3) is 3.04. The average molecular weight is 226 g/mol. The van der Waals surface area contributed by atoms with Gasteiger partial charge in [-0.2, -0.15) is 0 Å². The van der Waals surface area contributed by atoms with Crippen LogP contribution >= 0.6 is 0 Å². The number of nitrogens with one attached hydrogen (secondary N) is 1. The van der Waals surface area contributed by atoms with Crippen molar-refractivity contribution in [1.29, 1.82) is 0 Å². The second kappa shape index (κ2) is 5.99. The van der Waals surface area contributed by atoms with E-state index in [0.29, 0.717) is 12.4 Å². The molecule has 0 radical (unpaired) electrons. The zero-order valence-corrected chi connectivity index (χ0v) is 10.6. The molecule has 16 heavy (non-hydrogen) atoms. The monoisotopic (exact) mass is 226 g/mol. The number of carbonyl (C=O) groups excluding carboxylic acids is 1. The molecule has 2 atom stereocenters. The Labute approximate surface area is 97.5 Å². The molecule has 0 saturated carbocycles. The summed E-state index contributed by atoms with van der Waals surface area (Å²) in [5.41, 5.74) is 0. The maximum Gasteiger partial charge on any atom is 0.250 e. The molecule has 92 valence electrons. The van der Waals surface area contributed by atoms with Gasteiger partial charge in [-0.05, 0) is 19.3 Å². The maximum atomic E-state index is 11.7. The van der Waals surface area contributed by atoms with Gasteiger partial charge in [0.2, 0.25) is 5.91 Å². The van der Waals surface area contributed by atoms with Crippen molar-refractivity contribution in [3.8, 4) is 0 Å². The Morgan fingerprint density at radius 2 is 2.12 bits per heavy atom. The number of ether oxygens (including phenoxy) is 1. The zero-order chi connectivity index (χ0) is 12.1. The van der Waals surface area contributed by atoms with Gasteiger partial charge in [-0.3, -0.25) is 9.79 Å². The van der Waals surface area contributed by atoms with E-state index in [1.807, 2.05) is 20.8 Å². The molecule has 0 aromatic rings. The second-order valence-corrected chi connectivity index (χ2v) is 4.43. The molecule has 2 unspecified atom stereocenters. The van der Waals surface area contributed by atoms with Gasteiger partial charge >= 0.3 is 0 Å². The molecule has 4 nitrogen and oxygen atoms in total. The van der Waals surface area contributed by atoms with Crippen LogP contribution in [0.4, 0.5) is 0 Å². The molecule has 1 aliphatic heterocycles. The van der Waals surface area contributed by atoms with E-state index in [1.54, 1.807) is 0 Å². The molecule has 0 fully saturated rings. The van der Waals surface area contributed by atoms with Gasteiger partial charge in [0.05, 0.1) is 0 Å². The molecule has 0 aromatic heterocycles. The molecule has 0 bridgehead atoms. The quantitative estimate of drug-likeness (QED) is 0.750. The van der Waals surface area contributed by atoms with Crippen molar-refractivity contribution in [3.63, 3.8) is 0 Å². The van der Waals surface area contributed by atoms with Crippen LogP contribution in [0.25, 0.3) is 0 Å². The number of hydrogen-bond acceptors (Lipinski definition) is 3. The van der Waals surface area contributed by atoms with Crippen LogP contribution < -0.4 is 5.32 Å². The van der Waals surface area contributed by atoms with Crippen LogP contribution in [0.1, 0.15) is 40.5 Å². The minimum Gasteiger partial charge on any atom is -0.371 e. The van der Waals surface area contributed by atoms with Gasteiger partial charge in [-0.25, -0.2) is 0 Å². The van der Waals surface area contributed by atoms with Gasteiger partial charge < -0.3 is 10.1 Å². The third-order valence-corrected chi connectivity index (χ3v) is 2.65. The molecule has 1 N–H and O–H groups in total. The van der Waals surface area contributed by atoms with E-state index in [1.165, 1.54) is 0 Å². The normalized spacial score (nSPS) is 22.2. The standard InChI is InChI=1S/C12H22N2O2/c1-5-7-9(16-6-2)11-13-10(8(3)4)12(15)14-11/h8-10H,5-7H2,1-4H3,(H,13,14,15). The molecular weight excluding hydrogens is 204 g/mol. The maximum absolute atomic E-state index is 11.7. The van der Waals surface area contributed by atoms with Crippen molar-refractivity contribution in [2.75, 3.05) is 6.61 Å². The van der Waals surface area contributed by atoms with Crippen LogP contribution in [0.15, 0.2) is 4.99 Å². The summed E-state index contributed by atoms with van der Waals surface area (Å²) in [6, 6.07) is -0.241. The molecule has 0 spiro atoms. The van der Waals surface area contributed by atoms with Crippen LogP contribution in [0.2, 0.25) is 0 Å². The first-order valence-electron chi connectivity index (χ1n) is 6.10. The largest absolute Gasteiger partial charge is 0.371 e. The predicted molar refractivity (Wildman–Crippen MR) is 64.5 cm³/mol. The number of aliphatic imine (C=N–C) groups is 1. The Hall–Kier alpha value is -0.900. The van der Waals surface area contributed by atoms with Crippen molar-refractivity contribution in [2.45, 2.75) is 52.7 Å². The molecule has 1 aliphatic rings. The van der Waals surface area contributed by atoms with E-state index < -0.39 is 0 Å². The van der Waals surface area contributed by atoms with E-state index in [-0.39, 0.29) is 24.0 Å². The topological polar surface area (TPSA) is 50.7 Å². The van der Waals surface area contributed by atoms with Gasteiger partial charge in [0, 0.05) is 6.61 Å². The van der Waals surface area contributed by atoms with Gasteiger partial charge in [0.25, 0.3) is 0 Å². The van der Waals surface area contributed by atoms with Crippen LogP contribution in [0.5, 0.6) is 0 Å². The summed E-state index contributed by atoms with van der Waals surface area (Å²) in [4.78, 5) is 16.1. The number of amidine groups is 1. The summed E-state index contributed by atoms with van der Waals surface area (Å²) in [6.07, 6.45) is 1.87. The van der Waals surface area contributed by atoms with Crippen molar-refractivity contribution in [1.82, 2.24) is 5.32 Å². The fourth-order valence-electron chi connectivity index (χ4n) is 1.82. The smallest absolute Gasteiger partial charge is 0.250 e. The van der Waals surface area contributed by atoms with Gasteiger partial charge in [0.1, 0.15) is 18.0 Å². The van der Waals surface area contributed by atoms with Crippen molar-refractivity contribution in [3.05, 3.63) is 0 Å². The SMILES string of the molecule is CCCC(OCC)C1=NC(C(C)C)C(=O)N1. The first kappa shape index (κ1) is 13.2. The highest BCUT2D eigenvalue weighted by Crippen LogP contribution is 2.15. The Morgan fingerprint density at radius 1 is 1.44 bits per heavy atom. The van der Waals surface area contributed by atoms with Gasteiger partial charge in [0.15, 0.2) is 0 Å². The summed E-state index contributed by atoms with van der Waals surface area (Å²) in [5.74, 6) is 0.958. The molecule has 1 rings (SSSR count). The van der Waals surface area contributed by atoms with Crippen LogP contribution in [-0.4, -0.2) is 30.5 Å². The fraction of sp³-hybridized carbons (Fsp3) is 0.833. The van der Waals surface area contributed by atoms with Crippen molar-refractivity contribution >= 4 is 11.7 Å². The molecule has 4 heteroatoms. The lowest BCUT2D eigenvalue weighted by molar-refractivity contribution is -0.120. The highest BCUT2D eigenvalue weighted by molar-refractivity contribution is 6.07. The first-order chi connectivity index (χ1) is 7.60. The van der Waals surface area contributed by atoms with Gasteiger partial charge in [-0.1, -0.05) is 27.2 Å². The molecule has 0 aliphatic carbocycles. The highest BCUT2D eigenvalue weighted by Gasteiger charge is 2.32. The van der Waals surface area contributed by atoms with Crippen LogP contribution in [0.3, 0.4) is 0 Å². The Morgan fingerprint density at radius 3 is 2.56 bits per heavy atom. The summed E-state index contributed by atoms with van der Waals surface area (Å²) in [7, 11) is 0. The number of rotatable bonds is 6. The third-order valence-electron chi connectivity index (χ3n) is 2.65. The summed E-state index contributed by atoms with van der Waals surface area (Å²) < 4.78 is 5.60. The number of nitrogens with zero attached hydrogens (tertiary/aromatic N) is 1. The molecule has 0 saturated heterocycles. The minimum atomic E-state index is -0.241. The van der Waals surface area contributed by atoms with E-state index in [2.05, 4.69) is 17.2 Å². The summed E-state index contributed by atoms with van der Waals surface area (Å²) >= 11 is 0. The van der Waals surface area contributed by atoms with Gasteiger partial charge in [-0.15, -0.1) is 0 Å². The number of carbonyl (C=O) groups is 1. The second-order valence-electron chi connectivity index (χ2n) is 4.43. The van der Waals surface area contributed by atoms with Crippen molar-refractivity contribution < 1.29 is 9.53 Å². The van der Waals surface area contributed by atoms with Crippen molar-refractivity contribution in [2.24, 2.45) is 10.9 Å².